The minimum Gasteiger partial charge on any atom is -0.295 e. The molecular formula is C16H12ClN3. The maximum absolute atomic E-state index is 8.88. The van der Waals surface area contributed by atoms with E-state index in [9.17, 15) is 0 Å². The van der Waals surface area contributed by atoms with E-state index >= 15 is 0 Å². The highest BCUT2D eigenvalue weighted by molar-refractivity contribution is 6.17. The Balaban J connectivity index is 2.27. The standard InChI is InChI=1S/C16H12ClN3/c1-11-2-7-14-15(8-11)20(16(9-17)19-14)13-5-3-12(10-18)4-6-13/h2-8H,9H2,1H3. The number of rotatable bonds is 2. The molecule has 0 unspecified atom stereocenters. The average molecular weight is 282 g/mol. The summed E-state index contributed by atoms with van der Waals surface area (Å²) >= 11 is 6.02. The highest BCUT2D eigenvalue weighted by atomic mass is 35.5. The molecule has 0 spiro atoms. The second kappa shape index (κ2) is 4.99. The Morgan fingerprint density at radius 1 is 1.20 bits per heavy atom. The summed E-state index contributed by atoms with van der Waals surface area (Å²) in [5.41, 5.74) is 4.74. The second-order valence-electron chi connectivity index (χ2n) is 4.65. The molecule has 0 aliphatic rings. The molecule has 1 heterocycles. The van der Waals surface area contributed by atoms with E-state index in [1.54, 1.807) is 12.1 Å². The molecule has 3 nitrogen and oxygen atoms in total. The zero-order valence-corrected chi connectivity index (χ0v) is 11.7. The SMILES string of the molecule is Cc1ccc2nc(CCl)n(-c3ccc(C#N)cc3)c2c1. The summed E-state index contributed by atoms with van der Waals surface area (Å²) in [5, 5.41) is 8.88. The van der Waals surface area contributed by atoms with Crippen LogP contribution >= 0.6 is 11.6 Å². The molecule has 0 aliphatic heterocycles. The first-order valence-electron chi connectivity index (χ1n) is 6.27. The van der Waals surface area contributed by atoms with Gasteiger partial charge in [-0.2, -0.15) is 5.26 Å². The lowest BCUT2D eigenvalue weighted by molar-refractivity contribution is 0.981. The van der Waals surface area contributed by atoms with Gasteiger partial charge in [-0.3, -0.25) is 4.57 Å². The molecule has 0 saturated carbocycles. The van der Waals surface area contributed by atoms with Crippen LogP contribution in [0.4, 0.5) is 0 Å². The molecule has 0 amide bonds. The van der Waals surface area contributed by atoms with Gasteiger partial charge in [-0.1, -0.05) is 6.07 Å². The fraction of sp³-hybridized carbons (Fsp3) is 0.125. The van der Waals surface area contributed by atoms with Gasteiger partial charge in [-0.05, 0) is 48.9 Å². The van der Waals surface area contributed by atoms with Crippen LogP contribution in [0.25, 0.3) is 16.7 Å². The second-order valence-corrected chi connectivity index (χ2v) is 4.92. The predicted molar refractivity (Wildman–Crippen MR) is 80.1 cm³/mol. The quantitative estimate of drug-likeness (QED) is 0.668. The average Bonchev–Trinajstić information content (AvgIpc) is 2.85. The first kappa shape index (κ1) is 12.7. The molecule has 0 radical (unpaired) electrons. The smallest absolute Gasteiger partial charge is 0.129 e. The number of hydrogen-bond acceptors (Lipinski definition) is 2. The molecule has 2 aromatic carbocycles. The van der Waals surface area contributed by atoms with Crippen molar-refractivity contribution in [3.8, 4) is 11.8 Å². The fourth-order valence-corrected chi connectivity index (χ4v) is 2.48. The van der Waals surface area contributed by atoms with Crippen molar-refractivity contribution in [2.24, 2.45) is 0 Å². The maximum atomic E-state index is 8.88. The molecule has 0 fully saturated rings. The van der Waals surface area contributed by atoms with Crippen molar-refractivity contribution in [1.29, 1.82) is 5.26 Å². The van der Waals surface area contributed by atoms with E-state index in [2.05, 4.69) is 24.0 Å². The van der Waals surface area contributed by atoms with Crippen LogP contribution in [-0.2, 0) is 5.88 Å². The number of alkyl halides is 1. The number of imidazole rings is 1. The highest BCUT2D eigenvalue weighted by Crippen LogP contribution is 2.23. The zero-order chi connectivity index (χ0) is 14.1. The number of halogens is 1. The largest absolute Gasteiger partial charge is 0.295 e. The van der Waals surface area contributed by atoms with E-state index in [4.69, 9.17) is 16.9 Å². The van der Waals surface area contributed by atoms with Crippen molar-refractivity contribution in [3.63, 3.8) is 0 Å². The van der Waals surface area contributed by atoms with Gasteiger partial charge in [0.25, 0.3) is 0 Å². The third kappa shape index (κ3) is 2.04. The number of fused-ring (bicyclic) bond motifs is 1. The topological polar surface area (TPSA) is 41.6 Å². The fourth-order valence-electron chi connectivity index (χ4n) is 2.30. The van der Waals surface area contributed by atoms with Gasteiger partial charge in [0.05, 0.1) is 28.5 Å². The summed E-state index contributed by atoms with van der Waals surface area (Å²) in [5.74, 6) is 1.14. The Morgan fingerprint density at radius 3 is 2.60 bits per heavy atom. The monoisotopic (exact) mass is 281 g/mol. The van der Waals surface area contributed by atoms with E-state index in [0.29, 0.717) is 11.4 Å². The molecule has 4 heteroatoms. The Kier molecular flexibility index (Phi) is 3.17. The lowest BCUT2D eigenvalue weighted by atomic mass is 10.2. The third-order valence-electron chi connectivity index (χ3n) is 3.25. The van der Waals surface area contributed by atoms with Gasteiger partial charge in [0.1, 0.15) is 5.82 Å². The molecule has 0 aliphatic carbocycles. The van der Waals surface area contributed by atoms with Crippen LogP contribution in [0.15, 0.2) is 42.5 Å². The van der Waals surface area contributed by atoms with E-state index in [-0.39, 0.29) is 0 Å². The normalized spacial score (nSPS) is 10.7. The molecule has 98 valence electrons. The summed E-state index contributed by atoms with van der Waals surface area (Å²) in [6.45, 7) is 2.05. The van der Waals surface area contributed by atoms with Crippen molar-refractivity contribution in [2.45, 2.75) is 12.8 Å². The van der Waals surface area contributed by atoms with Crippen molar-refractivity contribution < 1.29 is 0 Å². The van der Waals surface area contributed by atoms with Gasteiger partial charge < -0.3 is 0 Å². The number of hydrogen-bond donors (Lipinski definition) is 0. The number of benzene rings is 2. The van der Waals surface area contributed by atoms with E-state index < -0.39 is 0 Å². The number of aryl methyl sites for hydroxylation is 1. The summed E-state index contributed by atoms with van der Waals surface area (Å²) < 4.78 is 2.04. The van der Waals surface area contributed by atoms with E-state index in [0.717, 1.165) is 22.5 Å². The first-order chi connectivity index (χ1) is 9.72. The maximum Gasteiger partial charge on any atom is 0.129 e. The summed E-state index contributed by atoms with van der Waals surface area (Å²) in [6, 6.07) is 15.7. The molecule has 3 aromatic rings. The Hall–Kier alpha value is -2.31. The molecule has 0 atom stereocenters. The van der Waals surface area contributed by atoms with Crippen LogP contribution in [0.2, 0.25) is 0 Å². The van der Waals surface area contributed by atoms with Gasteiger partial charge in [-0.25, -0.2) is 4.98 Å². The van der Waals surface area contributed by atoms with Gasteiger partial charge >= 0.3 is 0 Å². The van der Waals surface area contributed by atoms with Crippen LogP contribution in [0.3, 0.4) is 0 Å². The van der Waals surface area contributed by atoms with Crippen LogP contribution in [0, 0.1) is 18.3 Å². The summed E-state index contributed by atoms with van der Waals surface area (Å²) in [7, 11) is 0. The molecule has 0 saturated heterocycles. The molecule has 3 rings (SSSR count). The highest BCUT2D eigenvalue weighted by Gasteiger charge is 2.11. The van der Waals surface area contributed by atoms with Crippen LogP contribution in [0.5, 0.6) is 0 Å². The van der Waals surface area contributed by atoms with Crippen LogP contribution < -0.4 is 0 Å². The number of aromatic nitrogens is 2. The first-order valence-corrected chi connectivity index (χ1v) is 6.81. The van der Waals surface area contributed by atoms with Crippen LogP contribution in [-0.4, -0.2) is 9.55 Å². The lowest BCUT2D eigenvalue weighted by Crippen LogP contribution is -1.99. The van der Waals surface area contributed by atoms with Gasteiger partial charge in [0, 0.05) is 5.69 Å². The van der Waals surface area contributed by atoms with Gasteiger partial charge in [-0.15, -0.1) is 11.6 Å². The number of nitrogens with zero attached hydrogens (tertiary/aromatic N) is 3. The van der Waals surface area contributed by atoms with Crippen molar-refractivity contribution in [3.05, 3.63) is 59.4 Å². The molecule has 0 N–H and O–H groups in total. The molecule has 1 aromatic heterocycles. The minimum absolute atomic E-state index is 0.341. The summed E-state index contributed by atoms with van der Waals surface area (Å²) in [6.07, 6.45) is 0. The predicted octanol–water partition coefficient (Wildman–Crippen LogP) is 3.94. The van der Waals surface area contributed by atoms with Gasteiger partial charge in [0.2, 0.25) is 0 Å². The van der Waals surface area contributed by atoms with Crippen LogP contribution in [0.1, 0.15) is 17.0 Å². The Labute approximate surface area is 122 Å². The van der Waals surface area contributed by atoms with E-state index in [1.165, 1.54) is 5.56 Å². The lowest BCUT2D eigenvalue weighted by Gasteiger charge is -2.08. The molecule has 20 heavy (non-hydrogen) atoms. The molecule has 0 bridgehead atoms. The minimum atomic E-state index is 0.341. The van der Waals surface area contributed by atoms with Gasteiger partial charge in [0.15, 0.2) is 0 Å². The molecular weight excluding hydrogens is 270 g/mol. The Bertz CT molecular complexity index is 810. The van der Waals surface area contributed by atoms with Crippen molar-refractivity contribution in [1.82, 2.24) is 9.55 Å². The van der Waals surface area contributed by atoms with Crippen molar-refractivity contribution >= 4 is 22.6 Å². The Morgan fingerprint density at radius 2 is 1.95 bits per heavy atom. The number of nitriles is 1. The zero-order valence-electron chi connectivity index (χ0n) is 11.0. The van der Waals surface area contributed by atoms with E-state index in [1.807, 2.05) is 28.8 Å². The summed E-state index contributed by atoms with van der Waals surface area (Å²) in [4.78, 5) is 4.56. The third-order valence-corrected chi connectivity index (χ3v) is 3.49. The van der Waals surface area contributed by atoms with Crippen molar-refractivity contribution in [2.75, 3.05) is 0 Å².